The van der Waals surface area contributed by atoms with Gasteiger partial charge in [0, 0.05) is 10.9 Å². The average Bonchev–Trinajstić information content (AvgIpc) is 2.57. The minimum Gasteiger partial charge on any atom is -0.450 e. The van der Waals surface area contributed by atoms with Gasteiger partial charge in [-0.1, -0.05) is 24.3 Å². The highest BCUT2D eigenvalue weighted by atomic mass is 16.5. The Morgan fingerprint density at radius 3 is 2.67 bits per heavy atom. The van der Waals surface area contributed by atoms with E-state index in [2.05, 4.69) is 35.8 Å². The molecule has 3 heteroatoms. The van der Waals surface area contributed by atoms with Crippen LogP contribution in [0.25, 0.3) is 22.0 Å². The number of nitrogens with zero attached hydrogens (tertiary/aromatic N) is 2. The van der Waals surface area contributed by atoms with E-state index in [9.17, 15) is 5.26 Å². The van der Waals surface area contributed by atoms with Crippen molar-refractivity contribution in [3.05, 3.63) is 53.7 Å². The van der Waals surface area contributed by atoms with Gasteiger partial charge in [0.05, 0.1) is 17.0 Å². The van der Waals surface area contributed by atoms with E-state index >= 15 is 0 Å². The van der Waals surface area contributed by atoms with E-state index in [0.717, 1.165) is 28.1 Å². The lowest BCUT2D eigenvalue weighted by Gasteiger charge is -2.23. The number of hydrogen-bond donors (Lipinski definition) is 0. The van der Waals surface area contributed by atoms with Gasteiger partial charge in [-0.25, -0.2) is 0 Å². The topological polar surface area (TPSA) is 36.9 Å². The van der Waals surface area contributed by atoms with Gasteiger partial charge in [-0.15, -0.1) is 0 Å². The molecule has 0 N–H and O–H groups in total. The first-order chi connectivity index (χ1) is 11.4. The Bertz CT molecular complexity index is 1040. The standard InChI is InChI=1S/C21H19N2O/c1-13-8-9-14-6-5-7-16-19(14)18(13)20-17(24-16)10-15(11-23(20)4)21(2,3)12-22/h5-11H,1-4H3/q+1. The number of aromatic nitrogens is 1. The molecule has 0 atom stereocenters. The van der Waals surface area contributed by atoms with Crippen molar-refractivity contribution in [3.63, 3.8) is 0 Å². The summed E-state index contributed by atoms with van der Waals surface area (Å²) in [4.78, 5) is 0. The predicted octanol–water partition coefficient (Wildman–Crippen LogP) is 4.55. The van der Waals surface area contributed by atoms with E-state index < -0.39 is 5.41 Å². The van der Waals surface area contributed by atoms with Crippen LogP contribution in [0.3, 0.4) is 0 Å². The molecule has 0 unspecified atom stereocenters. The molecule has 2 aromatic carbocycles. The third-order valence-electron chi connectivity index (χ3n) is 4.88. The Hall–Kier alpha value is -2.86. The van der Waals surface area contributed by atoms with Crippen LogP contribution in [0.15, 0.2) is 42.6 Å². The second-order valence-electron chi connectivity index (χ2n) is 7.00. The Morgan fingerprint density at radius 1 is 1.12 bits per heavy atom. The number of aryl methyl sites for hydroxylation is 2. The summed E-state index contributed by atoms with van der Waals surface area (Å²) in [7, 11) is 2.02. The lowest BCUT2D eigenvalue weighted by molar-refractivity contribution is -0.661. The number of nitriles is 1. The summed E-state index contributed by atoms with van der Waals surface area (Å²) in [5.41, 5.74) is 3.90. The molecular weight excluding hydrogens is 296 g/mol. The van der Waals surface area contributed by atoms with Gasteiger partial charge in [0.1, 0.15) is 12.8 Å². The Balaban J connectivity index is 2.09. The van der Waals surface area contributed by atoms with E-state index in [0.29, 0.717) is 0 Å². The van der Waals surface area contributed by atoms with Crippen LogP contribution in [0.4, 0.5) is 0 Å². The van der Waals surface area contributed by atoms with Crippen molar-refractivity contribution >= 4 is 10.8 Å². The van der Waals surface area contributed by atoms with Gasteiger partial charge in [-0.3, -0.25) is 0 Å². The van der Waals surface area contributed by atoms with Crippen molar-refractivity contribution in [3.8, 4) is 28.8 Å². The molecule has 3 aromatic rings. The summed E-state index contributed by atoms with van der Waals surface area (Å²) in [6, 6.07) is 14.8. The molecule has 24 heavy (non-hydrogen) atoms. The highest BCUT2D eigenvalue weighted by Crippen LogP contribution is 2.46. The molecular formula is C21H19N2O+. The molecule has 0 spiro atoms. The summed E-state index contributed by atoms with van der Waals surface area (Å²) in [5.74, 6) is 1.69. The quantitative estimate of drug-likeness (QED) is 0.483. The van der Waals surface area contributed by atoms with Crippen LogP contribution in [0, 0.1) is 18.3 Å². The van der Waals surface area contributed by atoms with Crippen molar-refractivity contribution in [1.29, 1.82) is 5.26 Å². The minimum absolute atomic E-state index is 0.561. The van der Waals surface area contributed by atoms with Crippen molar-refractivity contribution in [2.45, 2.75) is 26.2 Å². The molecule has 4 rings (SSSR count). The number of fused-ring (bicyclic) bond motifs is 2. The van der Waals surface area contributed by atoms with Crippen molar-refractivity contribution < 1.29 is 9.30 Å². The van der Waals surface area contributed by atoms with Crippen LogP contribution < -0.4 is 9.30 Å². The maximum atomic E-state index is 9.47. The monoisotopic (exact) mass is 315 g/mol. The fourth-order valence-corrected chi connectivity index (χ4v) is 3.44. The van der Waals surface area contributed by atoms with E-state index in [1.165, 1.54) is 16.5 Å². The lowest BCUT2D eigenvalue weighted by atomic mass is 9.86. The number of hydrogen-bond acceptors (Lipinski definition) is 2. The zero-order valence-electron chi connectivity index (χ0n) is 14.3. The molecule has 1 aromatic heterocycles. The van der Waals surface area contributed by atoms with Crippen molar-refractivity contribution in [1.82, 2.24) is 0 Å². The van der Waals surface area contributed by atoms with Gasteiger partial charge < -0.3 is 4.74 Å². The molecule has 1 aliphatic heterocycles. The summed E-state index contributed by atoms with van der Waals surface area (Å²) in [5, 5.41) is 11.8. The average molecular weight is 315 g/mol. The molecule has 0 bridgehead atoms. The highest BCUT2D eigenvalue weighted by molar-refractivity contribution is 6.03. The van der Waals surface area contributed by atoms with Crippen LogP contribution in [0.5, 0.6) is 11.5 Å². The van der Waals surface area contributed by atoms with Crippen LogP contribution in [0.2, 0.25) is 0 Å². The summed E-state index contributed by atoms with van der Waals surface area (Å²) in [6.45, 7) is 5.99. The van der Waals surface area contributed by atoms with Gasteiger partial charge in [0.15, 0.2) is 11.9 Å². The molecule has 0 fully saturated rings. The molecule has 1 aliphatic rings. The van der Waals surface area contributed by atoms with E-state index in [4.69, 9.17) is 4.74 Å². The SMILES string of the molecule is Cc1ccc2cccc3c2c1-c1c(cc(C(C)(C)C#N)c[n+]1C)O3. The van der Waals surface area contributed by atoms with Gasteiger partial charge in [-0.05, 0) is 43.9 Å². The third kappa shape index (κ3) is 1.93. The Kier molecular flexibility index (Phi) is 2.95. The Labute approximate surface area is 141 Å². The van der Waals surface area contributed by atoms with Crippen molar-refractivity contribution in [2.24, 2.45) is 7.05 Å². The van der Waals surface area contributed by atoms with Crippen LogP contribution >= 0.6 is 0 Å². The zero-order valence-corrected chi connectivity index (χ0v) is 14.3. The maximum absolute atomic E-state index is 9.47. The number of rotatable bonds is 1. The fourth-order valence-electron chi connectivity index (χ4n) is 3.44. The van der Waals surface area contributed by atoms with Crippen LogP contribution in [-0.2, 0) is 12.5 Å². The molecule has 118 valence electrons. The molecule has 0 amide bonds. The van der Waals surface area contributed by atoms with Crippen molar-refractivity contribution in [2.75, 3.05) is 0 Å². The second kappa shape index (κ2) is 4.82. The number of pyridine rings is 1. The van der Waals surface area contributed by atoms with E-state index in [1.54, 1.807) is 0 Å². The first-order valence-corrected chi connectivity index (χ1v) is 8.08. The van der Waals surface area contributed by atoms with Crippen LogP contribution in [0.1, 0.15) is 25.0 Å². The zero-order chi connectivity index (χ0) is 17.1. The lowest BCUT2D eigenvalue weighted by Crippen LogP contribution is -2.34. The number of ether oxygens (including phenoxy) is 1. The van der Waals surface area contributed by atoms with Gasteiger partial charge in [0.25, 0.3) is 5.69 Å². The molecule has 3 nitrogen and oxygen atoms in total. The summed E-state index contributed by atoms with van der Waals surface area (Å²) in [6.07, 6.45) is 2.04. The second-order valence-corrected chi connectivity index (χ2v) is 7.00. The maximum Gasteiger partial charge on any atom is 0.256 e. The molecule has 0 saturated carbocycles. The summed E-state index contributed by atoms with van der Waals surface area (Å²) >= 11 is 0. The molecule has 0 saturated heterocycles. The minimum atomic E-state index is -0.561. The fraction of sp³-hybridized carbons (Fsp3) is 0.238. The molecule has 0 radical (unpaired) electrons. The van der Waals surface area contributed by atoms with Gasteiger partial charge >= 0.3 is 0 Å². The molecule has 0 aliphatic carbocycles. The normalized spacial score (nSPS) is 12.5. The third-order valence-corrected chi connectivity index (χ3v) is 4.88. The largest absolute Gasteiger partial charge is 0.450 e. The van der Waals surface area contributed by atoms with Gasteiger partial charge in [-0.2, -0.15) is 9.83 Å². The van der Waals surface area contributed by atoms with E-state index in [1.807, 2.05) is 45.3 Å². The first-order valence-electron chi connectivity index (χ1n) is 8.08. The number of benzene rings is 2. The van der Waals surface area contributed by atoms with E-state index in [-0.39, 0.29) is 0 Å². The van der Waals surface area contributed by atoms with Crippen LogP contribution in [-0.4, -0.2) is 0 Å². The molecule has 2 heterocycles. The first kappa shape index (κ1) is 14.7. The summed E-state index contributed by atoms with van der Waals surface area (Å²) < 4.78 is 8.32. The van der Waals surface area contributed by atoms with Gasteiger partial charge in [0.2, 0.25) is 0 Å². The predicted molar refractivity (Wildman–Crippen MR) is 94.0 cm³/mol. The Morgan fingerprint density at radius 2 is 1.92 bits per heavy atom. The smallest absolute Gasteiger partial charge is 0.256 e. The highest BCUT2D eigenvalue weighted by Gasteiger charge is 2.32.